The molecule has 8 heteroatoms. The van der Waals surface area contributed by atoms with E-state index in [1.165, 1.54) is 12.3 Å². The van der Waals surface area contributed by atoms with Crippen LogP contribution in [0.5, 0.6) is 11.6 Å². The molecule has 0 aliphatic rings. The molecule has 0 saturated carbocycles. The van der Waals surface area contributed by atoms with Crippen molar-refractivity contribution in [1.82, 2.24) is 10.3 Å². The van der Waals surface area contributed by atoms with Gasteiger partial charge in [-0.25, -0.2) is 4.98 Å². The summed E-state index contributed by atoms with van der Waals surface area (Å²) in [5, 5.41) is 2.56. The number of hydrogen-bond donors (Lipinski definition) is 1. The van der Waals surface area contributed by atoms with Crippen molar-refractivity contribution in [1.29, 1.82) is 0 Å². The SMILES string of the molecule is Cc1cccc(OCC(=O)NCc2cccnc2OCC(F)(F)F)c1. The second kappa shape index (κ2) is 8.36. The number of carbonyl (C=O) groups excluding carboxylic acids is 1. The minimum atomic E-state index is -4.46. The second-order valence-electron chi connectivity index (χ2n) is 5.25. The molecule has 0 radical (unpaired) electrons. The predicted molar refractivity (Wildman–Crippen MR) is 84.3 cm³/mol. The molecule has 2 rings (SSSR count). The minimum absolute atomic E-state index is 0.0168. The van der Waals surface area contributed by atoms with Gasteiger partial charge in [0.05, 0.1) is 0 Å². The van der Waals surface area contributed by atoms with Crippen LogP contribution in [0.3, 0.4) is 0 Å². The zero-order valence-corrected chi connectivity index (χ0v) is 13.5. The number of rotatable bonds is 7. The first-order valence-corrected chi connectivity index (χ1v) is 7.43. The van der Waals surface area contributed by atoms with Gasteiger partial charge in [0, 0.05) is 18.3 Å². The lowest BCUT2D eigenvalue weighted by Crippen LogP contribution is -2.29. The Kier molecular flexibility index (Phi) is 6.21. The summed E-state index contributed by atoms with van der Waals surface area (Å²) >= 11 is 0. The highest BCUT2D eigenvalue weighted by molar-refractivity contribution is 5.77. The first kappa shape index (κ1) is 18.6. The molecule has 1 amide bonds. The quantitative estimate of drug-likeness (QED) is 0.830. The molecule has 0 bridgehead atoms. The Morgan fingerprint density at radius 3 is 2.72 bits per heavy atom. The monoisotopic (exact) mass is 354 g/mol. The van der Waals surface area contributed by atoms with Crippen LogP contribution in [-0.2, 0) is 11.3 Å². The van der Waals surface area contributed by atoms with Gasteiger partial charge in [0.1, 0.15) is 5.75 Å². The maximum Gasteiger partial charge on any atom is 0.422 e. The molecule has 0 atom stereocenters. The van der Waals surface area contributed by atoms with Gasteiger partial charge in [0.25, 0.3) is 5.91 Å². The fourth-order valence-electron chi connectivity index (χ4n) is 1.94. The van der Waals surface area contributed by atoms with E-state index in [-0.39, 0.29) is 19.0 Å². The number of halogens is 3. The average Bonchev–Trinajstić information content (AvgIpc) is 2.56. The molecule has 0 unspecified atom stereocenters. The van der Waals surface area contributed by atoms with Crippen molar-refractivity contribution >= 4 is 5.91 Å². The molecule has 0 spiro atoms. The van der Waals surface area contributed by atoms with E-state index in [0.717, 1.165) is 5.56 Å². The number of aromatic nitrogens is 1. The van der Waals surface area contributed by atoms with Gasteiger partial charge in [-0.2, -0.15) is 13.2 Å². The van der Waals surface area contributed by atoms with Gasteiger partial charge in [-0.3, -0.25) is 4.79 Å². The Bertz CT molecular complexity index is 720. The molecule has 0 fully saturated rings. The van der Waals surface area contributed by atoms with Gasteiger partial charge in [-0.1, -0.05) is 18.2 Å². The molecule has 134 valence electrons. The summed E-state index contributed by atoms with van der Waals surface area (Å²) in [4.78, 5) is 15.6. The van der Waals surface area contributed by atoms with Crippen molar-refractivity contribution in [2.75, 3.05) is 13.2 Å². The zero-order valence-electron chi connectivity index (χ0n) is 13.5. The van der Waals surface area contributed by atoms with Crippen molar-refractivity contribution in [3.05, 3.63) is 53.7 Å². The molecule has 1 aromatic carbocycles. The Balaban J connectivity index is 1.85. The normalized spacial score (nSPS) is 11.0. The van der Waals surface area contributed by atoms with Gasteiger partial charge >= 0.3 is 6.18 Å². The zero-order chi connectivity index (χ0) is 18.3. The second-order valence-corrected chi connectivity index (χ2v) is 5.25. The molecule has 5 nitrogen and oxygen atoms in total. The summed E-state index contributed by atoms with van der Waals surface area (Å²) in [6.45, 7) is 0.235. The topological polar surface area (TPSA) is 60.5 Å². The van der Waals surface area contributed by atoms with E-state index in [1.807, 2.05) is 19.1 Å². The van der Waals surface area contributed by atoms with Crippen molar-refractivity contribution in [2.45, 2.75) is 19.6 Å². The van der Waals surface area contributed by atoms with Crippen LogP contribution in [0.4, 0.5) is 13.2 Å². The third-order valence-electron chi connectivity index (χ3n) is 3.06. The van der Waals surface area contributed by atoms with E-state index in [1.54, 1.807) is 18.2 Å². The molecule has 0 saturated heterocycles. The number of pyridine rings is 1. The molecule has 1 aromatic heterocycles. The fourth-order valence-corrected chi connectivity index (χ4v) is 1.94. The van der Waals surface area contributed by atoms with E-state index in [2.05, 4.69) is 15.0 Å². The highest BCUT2D eigenvalue weighted by Gasteiger charge is 2.29. The lowest BCUT2D eigenvalue weighted by molar-refractivity contribution is -0.154. The lowest BCUT2D eigenvalue weighted by atomic mass is 10.2. The van der Waals surface area contributed by atoms with Crippen LogP contribution in [0.1, 0.15) is 11.1 Å². The summed E-state index contributed by atoms with van der Waals surface area (Å²) < 4.78 is 46.7. The number of amides is 1. The molecule has 2 aromatic rings. The molecular weight excluding hydrogens is 337 g/mol. The summed E-state index contributed by atoms with van der Waals surface area (Å²) in [6, 6.07) is 10.3. The summed E-state index contributed by atoms with van der Waals surface area (Å²) in [5.41, 5.74) is 1.34. The highest BCUT2D eigenvalue weighted by atomic mass is 19.4. The number of hydrogen-bond acceptors (Lipinski definition) is 4. The number of benzene rings is 1. The third-order valence-corrected chi connectivity index (χ3v) is 3.06. The smallest absolute Gasteiger partial charge is 0.422 e. The van der Waals surface area contributed by atoms with Gasteiger partial charge in [-0.05, 0) is 30.7 Å². The Morgan fingerprint density at radius 1 is 1.20 bits per heavy atom. The van der Waals surface area contributed by atoms with Crippen molar-refractivity contribution in [3.8, 4) is 11.6 Å². The number of alkyl halides is 3. The maximum atomic E-state index is 12.2. The van der Waals surface area contributed by atoms with Crippen LogP contribution in [0, 0.1) is 6.92 Å². The number of aryl methyl sites for hydroxylation is 1. The van der Waals surface area contributed by atoms with Crippen LogP contribution >= 0.6 is 0 Å². The molecule has 0 aliphatic carbocycles. The maximum absolute atomic E-state index is 12.2. The predicted octanol–water partition coefficient (Wildman–Crippen LogP) is 3.03. The number of ether oxygens (including phenoxy) is 2. The average molecular weight is 354 g/mol. The van der Waals surface area contributed by atoms with Crippen LogP contribution in [0.15, 0.2) is 42.6 Å². The van der Waals surface area contributed by atoms with Crippen molar-refractivity contribution < 1.29 is 27.4 Å². The number of nitrogens with zero attached hydrogens (tertiary/aromatic N) is 1. The van der Waals surface area contributed by atoms with Gasteiger partial charge < -0.3 is 14.8 Å². The van der Waals surface area contributed by atoms with Crippen LogP contribution in [0.25, 0.3) is 0 Å². The standard InChI is InChI=1S/C17H17F3N2O3/c1-12-4-2-6-14(8-12)24-10-15(23)22-9-13-5-3-7-21-16(13)25-11-17(18,19)20/h2-8H,9-11H2,1H3,(H,22,23). The van der Waals surface area contributed by atoms with Crippen LogP contribution < -0.4 is 14.8 Å². The Labute approximate surface area is 142 Å². The lowest BCUT2D eigenvalue weighted by Gasteiger charge is -2.12. The highest BCUT2D eigenvalue weighted by Crippen LogP contribution is 2.19. The summed E-state index contributed by atoms with van der Waals surface area (Å²) in [5.74, 6) is -0.0161. The first-order chi connectivity index (χ1) is 11.8. The largest absolute Gasteiger partial charge is 0.484 e. The number of carbonyl (C=O) groups is 1. The molecule has 0 aliphatic heterocycles. The first-order valence-electron chi connectivity index (χ1n) is 7.43. The van der Waals surface area contributed by atoms with Gasteiger partial charge in [0.15, 0.2) is 13.2 Å². The Morgan fingerprint density at radius 2 is 2.00 bits per heavy atom. The molecule has 1 heterocycles. The van der Waals surface area contributed by atoms with Crippen LogP contribution in [0.2, 0.25) is 0 Å². The van der Waals surface area contributed by atoms with E-state index < -0.39 is 18.7 Å². The van der Waals surface area contributed by atoms with E-state index >= 15 is 0 Å². The molecular formula is C17H17F3N2O3. The Hall–Kier alpha value is -2.77. The van der Waals surface area contributed by atoms with Crippen molar-refractivity contribution in [3.63, 3.8) is 0 Å². The van der Waals surface area contributed by atoms with Crippen LogP contribution in [-0.4, -0.2) is 30.3 Å². The van der Waals surface area contributed by atoms with Gasteiger partial charge in [0.2, 0.25) is 5.88 Å². The molecule has 1 N–H and O–H groups in total. The molecule has 25 heavy (non-hydrogen) atoms. The summed E-state index contributed by atoms with van der Waals surface area (Å²) in [6.07, 6.45) is -3.14. The fraction of sp³-hybridized carbons (Fsp3) is 0.294. The number of nitrogens with one attached hydrogen (secondary N) is 1. The summed E-state index contributed by atoms with van der Waals surface area (Å²) in [7, 11) is 0. The third kappa shape index (κ3) is 6.70. The minimum Gasteiger partial charge on any atom is -0.484 e. The van der Waals surface area contributed by atoms with E-state index in [4.69, 9.17) is 4.74 Å². The van der Waals surface area contributed by atoms with Gasteiger partial charge in [-0.15, -0.1) is 0 Å². The van der Waals surface area contributed by atoms with E-state index in [9.17, 15) is 18.0 Å². The van der Waals surface area contributed by atoms with Crippen molar-refractivity contribution in [2.24, 2.45) is 0 Å². The van der Waals surface area contributed by atoms with E-state index in [0.29, 0.717) is 11.3 Å².